The van der Waals surface area contributed by atoms with Crippen LogP contribution in [0.3, 0.4) is 0 Å². The normalized spacial score (nSPS) is 11.0. The van der Waals surface area contributed by atoms with Crippen molar-refractivity contribution in [2.75, 3.05) is 5.32 Å². The monoisotopic (exact) mass is 429 g/mol. The zero-order chi connectivity index (χ0) is 19.8. The summed E-state index contributed by atoms with van der Waals surface area (Å²) in [5, 5.41) is 4.45. The Labute approximate surface area is 176 Å². The highest BCUT2D eigenvalue weighted by atomic mass is 35.5. The maximum absolute atomic E-state index is 12.6. The summed E-state index contributed by atoms with van der Waals surface area (Å²) in [5.41, 5.74) is 4.12. The highest BCUT2D eigenvalue weighted by molar-refractivity contribution is 6.39. The van der Waals surface area contributed by atoms with Crippen molar-refractivity contribution in [2.24, 2.45) is 0 Å². The highest BCUT2D eigenvalue weighted by Gasteiger charge is 2.14. The van der Waals surface area contributed by atoms with E-state index in [2.05, 4.69) is 15.3 Å². The molecule has 0 aliphatic rings. The standard InChI is InChI=1S/C21H14Cl3N3O/c1-11-5-7-13(10-16(11)24)25-21(28)12-6-8-17-18(9-12)27-20(26-17)19-14(22)3-2-4-15(19)23/h2-10H,1H3,(H,25,28)(H,26,27). The Bertz CT molecular complexity index is 1200. The lowest BCUT2D eigenvalue weighted by Gasteiger charge is -2.07. The van der Waals surface area contributed by atoms with E-state index in [4.69, 9.17) is 34.8 Å². The number of H-pyrrole nitrogens is 1. The molecule has 0 aliphatic heterocycles. The van der Waals surface area contributed by atoms with Gasteiger partial charge in [-0.3, -0.25) is 4.79 Å². The van der Waals surface area contributed by atoms with Gasteiger partial charge >= 0.3 is 0 Å². The fourth-order valence-electron chi connectivity index (χ4n) is 2.87. The predicted molar refractivity (Wildman–Crippen MR) is 116 cm³/mol. The lowest BCUT2D eigenvalue weighted by atomic mass is 10.1. The summed E-state index contributed by atoms with van der Waals surface area (Å²) in [4.78, 5) is 20.3. The largest absolute Gasteiger partial charge is 0.338 e. The van der Waals surface area contributed by atoms with Crippen molar-refractivity contribution in [1.82, 2.24) is 9.97 Å². The van der Waals surface area contributed by atoms with E-state index in [0.29, 0.717) is 48.7 Å². The van der Waals surface area contributed by atoms with E-state index in [0.717, 1.165) is 5.56 Å². The van der Waals surface area contributed by atoms with Gasteiger partial charge in [0.1, 0.15) is 5.82 Å². The van der Waals surface area contributed by atoms with Crippen LogP contribution in [0.5, 0.6) is 0 Å². The molecule has 4 aromatic rings. The number of halogens is 3. The fourth-order valence-corrected chi connectivity index (χ4v) is 3.62. The summed E-state index contributed by atoms with van der Waals surface area (Å²) < 4.78 is 0. The van der Waals surface area contributed by atoms with Crippen molar-refractivity contribution in [3.05, 3.63) is 80.8 Å². The molecule has 140 valence electrons. The van der Waals surface area contributed by atoms with E-state index in [1.807, 2.05) is 19.1 Å². The van der Waals surface area contributed by atoms with Gasteiger partial charge in [-0.1, -0.05) is 46.9 Å². The van der Waals surface area contributed by atoms with E-state index in [-0.39, 0.29) is 5.91 Å². The minimum absolute atomic E-state index is 0.242. The van der Waals surface area contributed by atoms with Gasteiger partial charge in [0.25, 0.3) is 5.91 Å². The summed E-state index contributed by atoms with van der Waals surface area (Å²) >= 11 is 18.7. The smallest absolute Gasteiger partial charge is 0.255 e. The SMILES string of the molecule is Cc1ccc(NC(=O)c2ccc3nc(-c4c(Cl)cccc4Cl)[nH]c3c2)cc1Cl. The number of fused-ring (bicyclic) bond motifs is 1. The topological polar surface area (TPSA) is 57.8 Å². The Kier molecular flexibility index (Phi) is 5.02. The van der Waals surface area contributed by atoms with Crippen LogP contribution in [-0.4, -0.2) is 15.9 Å². The van der Waals surface area contributed by atoms with Crippen LogP contribution in [0, 0.1) is 6.92 Å². The molecule has 1 heterocycles. The van der Waals surface area contributed by atoms with Gasteiger partial charge in [-0.2, -0.15) is 0 Å². The lowest BCUT2D eigenvalue weighted by molar-refractivity contribution is 0.102. The Hall–Kier alpha value is -2.53. The number of carbonyl (C=O) groups is 1. The number of amides is 1. The molecular formula is C21H14Cl3N3O. The van der Waals surface area contributed by atoms with Crippen LogP contribution in [0.4, 0.5) is 5.69 Å². The maximum atomic E-state index is 12.6. The first-order chi connectivity index (χ1) is 13.4. The molecule has 1 aromatic heterocycles. The zero-order valence-corrected chi connectivity index (χ0v) is 17.0. The van der Waals surface area contributed by atoms with Gasteiger partial charge in [-0.25, -0.2) is 4.98 Å². The second kappa shape index (κ2) is 7.47. The van der Waals surface area contributed by atoms with Crippen LogP contribution in [0.1, 0.15) is 15.9 Å². The first-order valence-electron chi connectivity index (χ1n) is 8.44. The predicted octanol–water partition coefficient (Wildman–Crippen LogP) is 6.75. The number of nitrogens with one attached hydrogen (secondary N) is 2. The van der Waals surface area contributed by atoms with Gasteiger partial charge in [0, 0.05) is 16.3 Å². The first kappa shape index (κ1) is 18.8. The van der Waals surface area contributed by atoms with Crippen LogP contribution in [0.15, 0.2) is 54.6 Å². The molecule has 0 bridgehead atoms. The van der Waals surface area contributed by atoms with Crippen molar-refractivity contribution < 1.29 is 4.79 Å². The molecule has 7 heteroatoms. The Morgan fingerprint density at radius 2 is 1.71 bits per heavy atom. The molecular weight excluding hydrogens is 417 g/mol. The third-order valence-electron chi connectivity index (χ3n) is 4.37. The molecule has 0 unspecified atom stereocenters. The molecule has 0 radical (unpaired) electrons. The zero-order valence-electron chi connectivity index (χ0n) is 14.7. The molecule has 28 heavy (non-hydrogen) atoms. The van der Waals surface area contributed by atoms with Gasteiger partial charge in [-0.15, -0.1) is 0 Å². The number of nitrogens with zero attached hydrogens (tertiary/aromatic N) is 1. The molecule has 3 aromatic carbocycles. The maximum Gasteiger partial charge on any atom is 0.255 e. The highest BCUT2D eigenvalue weighted by Crippen LogP contribution is 2.34. The van der Waals surface area contributed by atoms with Crippen LogP contribution in [0.2, 0.25) is 15.1 Å². The number of aromatic nitrogens is 2. The molecule has 0 spiro atoms. The van der Waals surface area contributed by atoms with Crippen molar-refractivity contribution in [3.8, 4) is 11.4 Å². The Balaban J connectivity index is 1.66. The number of aryl methyl sites for hydroxylation is 1. The van der Waals surface area contributed by atoms with Gasteiger partial charge in [-0.05, 0) is 55.0 Å². The molecule has 0 atom stereocenters. The Morgan fingerprint density at radius 3 is 2.43 bits per heavy atom. The minimum atomic E-state index is -0.242. The summed E-state index contributed by atoms with van der Waals surface area (Å²) in [5.74, 6) is 0.308. The van der Waals surface area contributed by atoms with Crippen LogP contribution >= 0.6 is 34.8 Å². The molecule has 4 rings (SSSR count). The van der Waals surface area contributed by atoms with Crippen molar-refractivity contribution in [2.45, 2.75) is 6.92 Å². The number of imidazole rings is 1. The van der Waals surface area contributed by atoms with Gasteiger partial charge in [0.15, 0.2) is 0 Å². The van der Waals surface area contributed by atoms with E-state index in [9.17, 15) is 4.79 Å². The number of hydrogen-bond donors (Lipinski definition) is 2. The minimum Gasteiger partial charge on any atom is -0.338 e. The molecule has 0 saturated carbocycles. The molecule has 2 N–H and O–H groups in total. The average Bonchev–Trinajstić information content (AvgIpc) is 3.07. The number of carbonyl (C=O) groups excluding carboxylic acids is 1. The fraction of sp³-hybridized carbons (Fsp3) is 0.0476. The average molecular weight is 431 g/mol. The first-order valence-corrected chi connectivity index (χ1v) is 9.57. The quantitative estimate of drug-likeness (QED) is 0.377. The number of anilines is 1. The molecule has 0 fully saturated rings. The number of benzene rings is 3. The number of rotatable bonds is 3. The van der Waals surface area contributed by atoms with Gasteiger partial charge < -0.3 is 10.3 Å². The second-order valence-corrected chi connectivity index (χ2v) is 7.55. The van der Waals surface area contributed by atoms with Gasteiger partial charge in [0.2, 0.25) is 0 Å². The summed E-state index contributed by atoms with van der Waals surface area (Å²) in [6.07, 6.45) is 0. The third-order valence-corrected chi connectivity index (χ3v) is 5.41. The number of aromatic amines is 1. The lowest BCUT2D eigenvalue weighted by Crippen LogP contribution is -2.11. The van der Waals surface area contributed by atoms with Crippen molar-refractivity contribution in [1.29, 1.82) is 0 Å². The van der Waals surface area contributed by atoms with Crippen LogP contribution in [-0.2, 0) is 0 Å². The third kappa shape index (κ3) is 3.59. The summed E-state index contributed by atoms with van der Waals surface area (Å²) in [6.45, 7) is 1.91. The molecule has 0 aliphatic carbocycles. The van der Waals surface area contributed by atoms with E-state index in [1.165, 1.54) is 0 Å². The number of hydrogen-bond acceptors (Lipinski definition) is 2. The van der Waals surface area contributed by atoms with E-state index < -0.39 is 0 Å². The van der Waals surface area contributed by atoms with E-state index in [1.54, 1.807) is 42.5 Å². The Morgan fingerprint density at radius 1 is 0.964 bits per heavy atom. The summed E-state index contributed by atoms with van der Waals surface area (Å²) in [7, 11) is 0. The van der Waals surface area contributed by atoms with Crippen LogP contribution < -0.4 is 5.32 Å². The second-order valence-electron chi connectivity index (χ2n) is 6.33. The van der Waals surface area contributed by atoms with Crippen LogP contribution in [0.25, 0.3) is 22.4 Å². The van der Waals surface area contributed by atoms with Crippen molar-refractivity contribution in [3.63, 3.8) is 0 Å². The van der Waals surface area contributed by atoms with E-state index >= 15 is 0 Å². The molecule has 1 amide bonds. The van der Waals surface area contributed by atoms with Crippen molar-refractivity contribution >= 4 is 57.4 Å². The molecule has 0 saturated heterocycles. The van der Waals surface area contributed by atoms with Gasteiger partial charge in [0.05, 0.1) is 26.6 Å². The summed E-state index contributed by atoms with van der Waals surface area (Å²) in [6, 6.07) is 15.9. The molecule has 4 nitrogen and oxygen atoms in total.